The summed E-state index contributed by atoms with van der Waals surface area (Å²) >= 11 is 5.93. The van der Waals surface area contributed by atoms with Crippen LogP contribution < -0.4 is 5.73 Å². The third-order valence-corrected chi connectivity index (χ3v) is 3.91. The first-order chi connectivity index (χ1) is 8.20. The van der Waals surface area contributed by atoms with Gasteiger partial charge >= 0.3 is 0 Å². The predicted molar refractivity (Wildman–Crippen MR) is 80.5 cm³/mol. The lowest BCUT2D eigenvalue weighted by atomic mass is 9.98. The zero-order valence-corrected chi connectivity index (χ0v) is 12.4. The van der Waals surface area contributed by atoms with Crippen LogP contribution in [0.2, 0.25) is 5.02 Å². The smallest absolute Gasteiger partial charge is 0.0406 e. The van der Waals surface area contributed by atoms with Gasteiger partial charge < -0.3 is 5.73 Å². The molecule has 4 heteroatoms. The van der Waals surface area contributed by atoms with E-state index in [2.05, 4.69) is 24.0 Å². The highest BCUT2D eigenvalue weighted by Crippen LogP contribution is 2.27. The lowest BCUT2D eigenvalue weighted by Gasteiger charge is -2.36. The summed E-state index contributed by atoms with van der Waals surface area (Å²) in [6.45, 7) is 4.47. The Morgan fingerprint density at radius 3 is 2.33 bits per heavy atom. The molecular formula is C14H22Cl2N2. The second kappa shape index (κ2) is 7.34. The minimum atomic E-state index is 0. The van der Waals surface area contributed by atoms with Crippen molar-refractivity contribution in [1.29, 1.82) is 0 Å². The maximum atomic E-state index is 5.95. The van der Waals surface area contributed by atoms with Gasteiger partial charge in [0.25, 0.3) is 0 Å². The molecule has 0 radical (unpaired) electrons. The number of hydrogen-bond acceptors (Lipinski definition) is 2. The third kappa shape index (κ3) is 3.86. The molecule has 1 saturated heterocycles. The van der Waals surface area contributed by atoms with Crippen LogP contribution in [-0.4, -0.2) is 24.0 Å². The molecule has 0 spiro atoms. The van der Waals surface area contributed by atoms with Crippen LogP contribution >= 0.6 is 24.0 Å². The maximum Gasteiger partial charge on any atom is 0.0406 e. The highest BCUT2D eigenvalue weighted by Gasteiger charge is 2.23. The van der Waals surface area contributed by atoms with Gasteiger partial charge in [-0.2, -0.15) is 0 Å². The van der Waals surface area contributed by atoms with Crippen molar-refractivity contribution in [3.63, 3.8) is 0 Å². The summed E-state index contributed by atoms with van der Waals surface area (Å²) in [6, 6.07) is 9.16. The molecule has 0 saturated carbocycles. The Labute approximate surface area is 121 Å². The van der Waals surface area contributed by atoms with E-state index in [1.165, 1.54) is 5.56 Å². The number of nitrogens with two attached hydrogens (primary N) is 1. The van der Waals surface area contributed by atoms with Crippen molar-refractivity contribution in [1.82, 2.24) is 4.90 Å². The van der Waals surface area contributed by atoms with Gasteiger partial charge in [0.1, 0.15) is 0 Å². The highest BCUT2D eigenvalue weighted by atomic mass is 35.5. The monoisotopic (exact) mass is 288 g/mol. The standard InChI is InChI=1S/C14H21ClN2.ClH/c1-2-14(11-3-5-12(15)6-4-11)17-9-7-13(16)8-10-17;/h3-6,13-14H,2,7-10,16H2,1H3;1H. The first-order valence-corrected chi connectivity index (χ1v) is 6.83. The largest absolute Gasteiger partial charge is 0.328 e. The third-order valence-electron chi connectivity index (χ3n) is 3.66. The summed E-state index contributed by atoms with van der Waals surface area (Å²) in [4.78, 5) is 2.55. The molecule has 102 valence electrons. The Balaban J connectivity index is 0.00000162. The van der Waals surface area contributed by atoms with Crippen LogP contribution in [0.25, 0.3) is 0 Å². The van der Waals surface area contributed by atoms with Gasteiger partial charge in [-0.1, -0.05) is 30.7 Å². The van der Waals surface area contributed by atoms with Crippen molar-refractivity contribution < 1.29 is 0 Å². The number of nitrogens with zero attached hydrogens (tertiary/aromatic N) is 1. The van der Waals surface area contributed by atoms with Crippen molar-refractivity contribution in [3.05, 3.63) is 34.9 Å². The first kappa shape index (κ1) is 15.8. The van der Waals surface area contributed by atoms with Crippen LogP contribution in [0.4, 0.5) is 0 Å². The van der Waals surface area contributed by atoms with Crippen molar-refractivity contribution >= 4 is 24.0 Å². The molecule has 1 unspecified atom stereocenters. The number of benzene rings is 1. The first-order valence-electron chi connectivity index (χ1n) is 6.45. The molecule has 1 aromatic carbocycles. The topological polar surface area (TPSA) is 29.3 Å². The summed E-state index contributed by atoms with van der Waals surface area (Å²) in [7, 11) is 0. The molecule has 18 heavy (non-hydrogen) atoms. The molecule has 0 aliphatic carbocycles. The van der Waals surface area contributed by atoms with Crippen LogP contribution in [0.1, 0.15) is 37.8 Å². The van der Waals surface area contributed by atoms with E-state index in [9.17, 15) is 0 Å². The van der Waals surface area contributed by atoms with E-state index < -0.39 is 0 Å². The fourth-order valence-electron chi connectivity index (χ4n) is 2.62. The molecule has 0 aromatic heterocycles. The molecule has 0 amide bonds. The fraction of sp³-hybridized carbons (Fsp3) is 0.571. The lowest BCUT2D eigenvalue weighted by Crippen LogP contribution is -2.41. The van der Waals surface area contributed by atoms with Gasteiger partial charge in [0.15, 0.2) is 0 Å². The number of likely N-dealkylation sites (tertiary alicyclic amines) is 1. The summed E-state index contributed by atoms with van der Waals surface area (Å²) in [6.07, 6.45) is 3.37. The van der Waals surface area contributed by atoms with Gasteiger partial charge in [0.2, 0.25) is 0 Å². The minimum Gasteiger partial charge on any atom is -0.328 e. The predicted octanol–water partition coefficient (Wildman–Crippen LogP) is 3.64. The van der Waals surface area contributed by atoms with Crippen LogP contribution in [0.3, 0.4) is 0 Å². The number of rotatable bonds is 3. The van der Waals surface area contributed by atoms with Crippen molar-refractivity contribution in [2.45, 2.75) is 38.3 Å². The molecule has 1 aliphatic heterocycles. The van der Waals surface area contributed by atoms with E-state index in [4.69, 9.17) is 17.3 Å². The molecule has 1 aliphatic rings. The molecule has 1 heterocycles. The van der Waals surface area contributed by atoms with Gasteiger partial charge in [-0.05, 0) is 37.0 Å². The molecule has 1 aromatic rings. The number of piperidine rings is 1. The normalized spacial score (nSPS) is 19.3. The molecule has 2 rings (SSSR count). The molecule has 1 fully saturated rings. The Morgan fingerprint density at radius 1 is 1.28 bits per heavy atom. The van der Waals surface area contributed by atoms with E-state index >= 15 is 0 Å². The average Bonchev–Trinajstić information content (AvgIpc) is 2.35. The zero-order valence-electron chi connectivity index (χ0n) is 10.8. The van der Waals surface area contributed by atoms with Gasteiger partial charge in [-0.3, -0.25) is 4.90 Å². The summed E-state index contributed by atoms with van der Waals surface area (Å²) in [5, 5.41) is 0.810. The summed E-state index contributed by atoms with van der Waals surface area (Å²) in [5.41, 5.74) is 7.32. The summed E-state index contributed by atoms with van der Waals surface area (Å²) in [5.74, 6) is 0. The Hall–Kier alpha value is -0.280. The highest BCUT2D eigenvalue weighted by molar-refractivity contribution is 6.30. The van der Waals surface area contributed by atoms with Crippen LogP contribution in [-0.2, 0) is 0 Å². The van der Waals surface area contributed by atoms with Gasteiger partial charge in [-0.15, -0.1) is 12.4 Å². The lowest BCUT2D eigenvalue weighted by molar-refractivity contribution is 0.149. The van der Waals surface area contributed by atoms with Gasteiger partial charge in [-0.25, -0.2) is 0 Å². The van der Waals surface area contributed by atoms with Crippen molar-refractivity contribution in [3.8, 4) is 0 Å². The molecule has 2 nitrogen and oxygen atoms in total. The van der Waals surface area contributed by atoms with E-state index in [-0.39, 0.29) is 12.4 Å². The van der Waals surface area contributed by atoms with Crippen molar-refractivity contribution in [2.24, 2.45) is 5.73 Å². The zero-order chi connectivity index (χ0) is 12.3. The van der Waals surface area contributed by atoms with E-state index in [1.807, 2.05) is 12.1 Å². The van der Waals surface area contributed by atoms with E-state index in [1.54, 1.807) is 0 Å². The summed E-state index contributed by atoms with van der Waals surface area (Å²) < 4.78 is 0. The molecular weight excluding hydrogens is 267 g/mol. The number of hydrogen-bond donors (Lipinski definition) is 1. The van der Waals surface area contributed by atoms with Crippen LogP contribution in [0.5, 0.6) is 0 Å². The van der Waals surface area contributed by atoms with Crippen molar-refractivity contribution in [2.75, 3.05) is 13.1 Å². The van der Waals surface area contributed by atoms with Gasteiger partial charge in [0, 0.05) is 30.2 Å². The number of halogens is 2. The Morgan fingerprint density at radius 2 is 1.83 bits per heavy atom. The average molecular weight is 289 g/mol. The SMILES string of the molecule is CCC(c1ccc(Cl)cc1)N1CCC(N)CC1.Cl. The molecule has 1 atom stereocenters. The molecule has 0 bridgehead atoms. The minimum absolute atomic E-state index is 0. The Kier molecular flexibility index (Phi) is 6.44. The van der Waals surface area contributed by atoms with E-state index in [0.717, 1.165) is 37.4 Å². The Bertz CT molecular complexity index is 345. The quantitative estimate of drug-likeness (QED) is 0.920. The van der Waals surface area contributed by atoms with Gasteiger partial charge in [0.05, 0.1) is 0 Å². The van der Waals surface area contributed by atoms with Crippen LogP contribution in [0, 0.1) is 0 Å². The second-order valence-corrected chi connectivity index (χ2v) is 5.29. The maximum absolute atomic E-state index is 5.95. The van der Waals surface area contributed by atoms with E-state index in [0.29, 0.717) is 12.1 Å². The molecule has 2 N–H and O–H groups in total. The fourth-order valence-corrected chi connectivity index (χ4v) is 2.75. The second-order valence-electron chi connectivity index (χ2n) is 4.85. The van der Waals surface area contributed by atoms with Crippen LogP contribution in [0.15, 0.2) is 24.3 Å².